The second kappa shape index (κ2) is 5.71. The van der Waals surface area contributed by atoms with Gasteiger partial charge in [0.05, 0.1) is 14.2 Å². The fourth-order valence-electron chi connectivity index (χ4n) is 1.35. The molecule has 0 unspecified atom stereocenters. The molecule has 0 aromatic heterocycles. The van der Waals surface area contributed by atoms with E-state index in [1.807, 2.05) is 19.1 Å². The largest absolute Gasteiger partial charge is 0.493 e. The van der Waals surface area contributed by atoms with Crippen LogP contribution in [0.15, 0.2) is 12.1 Å². The Labute approximate surface area is 95.3 Å². The maximum Gasteiger partial charge on any atom is 0.162 e. The third-order valence-electron chi connectivity index (χ3n) is 2.14. The predicted octanol–water partition coefficient (Wildman–Crippen LogP) is 2.66. The standard InChI is InChI=1S/C11H16ClNO2/c1-8-6-10(14-2)11(15-3)7-9(8)13-5-4-12/h6-7,13H,4-5H2,1-3H3. The van der Waals surface area contributed by atoms with E-state index >= 15 is 0 Å². The van der Waals surface area contributed by atoms with E-state index in [2.05, 4.69) is 5.32 Å². The van der Waals surface area contributed by atoms with E-state index in [0.717, 1.165) is 29.3 Å². The van der Waals surface area contributed by atoms with Gasteiger partial charge in [0.2, 0.25) is 0 Å². The fourth-order valence-corrected chi connectivity index (χ4v) is 1.45. The number of aryl methyl sites for hydroxylation is 1. The zero-order valence-electron chi connectivity index (χ0n) is 9.26. The van der Waals surface area contributed by atoms with Gasteiger partial charge in [0.15, 0.2) is 11.5 Å². The molecule has 1 N–H and O–H groups in total. The summed E-state index contributed by atoms with van der Waals surface area (Å²) in [7, 11) is 3.25. The number of methoxy groups -OCH3 is 2. The minimum atomic E-state index is 0.577. The average Bonchev–Trinajstić information content (AvgIpc) is 2.27. The minimum Gasteiger partial charge on any atom is -0.493 e. The molecule has 0 spiro atoms. The van der Waals surface area contributed by atoms with Gasteiger partial charge < -0.3 is 14.8 Å². The van der Waals surface area contributed by atoms with Crippen LogP contribution in [-0.4, -0.2) is 26.6 Å². The van der Waals surface area contributed by atoms with Crippen LogP contribution in [-0.2, 0) is 0 Å². The fraction of sp³-hybridized carbons (Fsp3) is 0.455. The number of hydrogen-bond acceptors (Lipinski definition) is 3. The first-order valence-electron chi connectivity index (χ1n) is 4.75. The molecule has 0 fully saturated rings. The molecule has 0 amide bonds. The molecule has 15 heavy (non-hydrogen) atoms. The number of halogens is 1. The van der Waals surface area contributed by atoms with E-state index in [9.17, 15) is 0 Å². The molecule has 1 aromatic rings. The van der Waals surface area contributed by atoms with Gasteiger partial charge in [0.25, 0.3) is 0 Å². The van der Waals surface area contributed by atoms with Crippen molar-refractivity contribution in [2.24, 2.45) is 0 Å². The van der Waals surface area contributed by atoms with Gasteiger partial charge >= 0.3 is 0 Å². The summed E-state index contributed by atoms with van der Waals surface area (Å²) in [4.78, 5) is 0. The van der Waals surface area contributed by atoms with Crippen molar-refractivity contribution in [3.8, 4) is 11.5 Å². The molecule has 84 valence electrons. The quantitative estimate of drug-likeness (QED) is 0.788. The molecular formula is C11H16ClNO2. The maximum atomic E-state index is 5.62. The van der Waals surface area contributed by atoms with Crippen LogP contribution in [0.1, 0.15) is 5.56 Å². The number of alkyl halides is 1. The summed E-state index contributed by atoms with van der Waals surface area (Å²) in [6.07, 6.45) is 0. The summed E-state index contributed by atoms with van der Waals surface area (Å²) in [5.74, 6) is 2.04. The van der Waals surface area contributed by atoms with E-state index in [4.69, 9.17) is 21.1 Å². The van der Waals surface area contributed by atoms with Crippen LogP contribution >= 0.6 is 11.6 Å². The Kier molecular flexibility index (Phi) is 4.56. The Balaban J connectivity index is 2.97. The average molecular weight is 230 g/mol. The number of nitrogens with one attached hydrogen (secondary N) is 1. The highest BCUT2D eigenvalue weighted by atomic mass is 35.5. The topological polar surface area (TPSA) is 30.5 Å². The highest BCUT2D eigenvalue weighted by Gasteiger charge is 2.07. The molecule has 1 aromatic carbocycles. The third kappa shape index (κ3) is 2.93. The molecule has 0 heterocycles. The van der Waals surface area contributed by atoms with Gasteiger partial charge in [-0.15, -0.1) is 11.6 Å². The molecule has 0 saturated carbocycles. The molecule has 0 saturated heterocycles. The van der Waals surface area contributed by atoms with Gasteiger partial charge in [-0.05, 0) is 18.6 Å². The molecule has 0 radical (unpaired) electrons. The summed E-state index contributed by atoms with van der Waals surface area (Å²) in [6, 6.07) is 3.86. The summed E-state index contributed by atoms with van der Waals surface area (Å²) in [5.41, 5.74) is 2.13. The lowest BCUT2D eigenvalue weighted by atomic mass is 10.1. The van der Waals surface area contributed by atoms with Crippen LogP contribution in [0.5, 0.6) is 11.5 Å². The van der Waals surface area contributed by atoms with Crippen LogP contribution in [0.4, 0.5) is 5.69 Å². The van der Waals surface area contributed by atoms with E-state index < -0.39 is 0 Å². The van der Waals surface area contributed by atoms with Crippen molar-refractivity contribution in [1.29, 1.82) is 0 Å². The minimum absolute atomic E-state index is 0.577. The van der Waals surface area contributed by atoms with E-state index in [1.165, 1.54) is 0 Å². The summed E-state index contributed by atoms with van der Waals surface area (Å²) >= 11 is 5.62. The zero-order chi connectivity index (χ0) is 11.3. The van der Waals surface area contributed by atoms with Gasteiger partial charge in [0.1, 0.15) is 0 Å². The highest BCUT2D eigenvalue weighted by Crippen LogP contribution is 2.32. The lowest BCUT2D eigenvalue weighted by molar-refractivity contribution is 0.355. The first-order chi connectivity index (χ1) is 7.22. The SMILES string of the molecule is COc1cc(C)c(NCCCl)cc1OC. The molecule has 0 aliphatic heterocycles. The first-order valence-corrected chi connectivity index (χ1v) is 5.28. The number of anilines is 1. The molecule has 4 heteroatoms. The van der Waals surface area contributed by atoms with Crippen LogP contribution in [0, 0.1) is 6.92 Å². The van der Waals surface area contributed by atoms with Crippen LogP contribution in [0.2, 0.25) is 0 Å². The number of hydrogen-bond donors (Lipinski definition) is 1. The lowest BCUT2D eigenvalue weighted by Gasteiger charge is -2.13. The molecular weight excluding hydrogens is 214 g/mol. The summed E-state index contributed by atoms with van der Waals surface area (Å²) < 4.78 is 10.4. The van der Waals surface area contributed by atoms with E-state index in [-0.39, 0.29) is 0 Å². The van der Waals surface area contributed by atoms with Crippen molar-refractivity contribution in [2.75, 3.05) is 32.0 Å². The molecule has 0 atom stereocenters. The third-order valence-corrected chi connectivity index (χ3v) is 2.33. The first kappa shape index (κ1) is 12.0. The molecule has 0 bridgehead atoms. The van der Waals surface area contributed by atoms with Gasteiger partial charge in [-0.25, -0.2) is 0 Å². The van der Waals surface area contributed by atoms with E-state index in [1.54, 1.807) is 14.2 Å². The number of benzene rings is 1. The normalized spacial score (nSPS) is 9.87. The second-order valence-electron chi connectivity index (χ2n) is 3.14. The van der Waals surface area contributed by atoms with Crippen molar-refractivity contribution in [3.05, 3.63) is 17.7 Å². The van der Waals surface area contributed by atoms with Gasteiger partial charge in [-0.1, -0.05) is 0 Å². The maximum absolute atomic E-state index is 5.62. The molecule has 1 rings (SSSR count). The summed E-state index contributed by atoms with van der Waals surface area (Å²) in [5, 5.41) is 3.22. The Morgan fingerprint density at radius 1 is 1.20 bits per heavy atom. The van der Waals surface area contributed by atoms with Crippen LogP contribution in [0.3, 0.4) is 0 Å². The zero-order valence-corrected chi connectivity index (χ0v) is 10.0. The van der Waals surface area contributed by atoms with Crippen LogP contribution in [0.25, 0.3) is 0 Å². The van der Waals surface area contributed by atoms with Gasteiger partial charge in [0, 0.05) is 24.2 Å². The van der Waals surface area contributed by atoms with E-state index in [0.29, 0.717) is 5.88 Å². The van der Waals surface area contributed by atoms with Crippen LogP contribution < -0.4 is 14.8 Å². The predicted molar refractivity (Wildman–Crippen MR) is 63.5 cm³/mol. The smallest absolute Gasteiger partial charge is 0.162 e. The summed E-state index contributed by atoms with van der Waals surface area (Å²) in [6.45, 7) is 2.75. The molecule has 3 nitrogen and oxygen atoms in total. The number of ether oxygens (including phenoxy) is 2. The highest BCUT2D eigenvalue weighted by molar-refractivity contribution is 6.18. The molecule has 0 aliphatic carbocycles. The van der Waals surface area contributed by atoms with Gasteiger partial charge in [-0.3, -0.25) is 0 Å². The Morgan fingerprint density at radius 2 is 1.80 bits per heavy atom. The van der Waals surface area contributed by atoms with Crippen molar-refractivity contribution in [2.45, 2.75) is 6.92 Å². The number of rotatable bonds is 5. The van der Waals surface area contributed by atoms with Crippen molar-refractivity contribution < 1.29 is 9.47 Å². The monoisotopic (exact) mass is 229 g/mol. The lowest BCUT2D eigenvalue weighted by Crippen LogP contribution is -2.04. The molecule has 0 aliphatic rings. The van der Waals surface area contributed by atoms with Crippen molar-refractivity contribution in [3.63, 3.8) is 0 Å². The Morgan fingerprint density at radius 3 is 2.33 bits per heavy atom. The Hall–Kier alpha value is -1.09. The van der Waals surface area contributed by atoms with Crippen molar-refractivity contribution >= 4 is 17.3 Å². The van der Waals surface area contributed by atoms with Crippen molar-refractivity contribution in [1.82, 2.24) is 0 Å². The second-order valence-corrected chi connectivity index (χ2v) is 3.52. The Bertz CT molecular complexity index is 329. The van der Waals surface area contributed by atoms with Gasteiger partial charge in [-0.2, -0.15) is 0 Å².